The highest BCUT2D eigenvalue weighted by atomic mass is 32.1. The highest BCUT2D eigenvalue weighted by molar-refractivity contribution is 7.11. The number of rotatable bonds is 6. The smallest absolute Gasteiger partial charge is 0.322 e. The van der Waals surface area contributed by atoms with Gasteiger partial charge in [-0.3, -0.25) is 9.59 Å². The summed E-state index contributed by atoms with van der Waals surface area (Å²) in [5, 5.41) is 11.4. The van der Waals surface area contributed by atoms with Gasteiger partial charge in [0.1, 0.15) is 17.4 Å². The van der Waals surface area contributed by atoms with E-state index in [9.17, 15) is 9.59 Å². The first-order valence-corrected chi connectivity index (χ1v) is 12.8. The molecule has 2 atom stereocenters. The topological polar surface area (TPSA) is 100 Å². The van der Waals surface area contributed by atoms with Crippen molar-refractivity contribution in [3.05, 3.63) is 60.6 Å². The molecule has 10 heteroatoms. The Bertz CT molecular complexity index is 1040. The minimum atomic E-state index is -0.177. The van der Waals surface area contributed by atoms with Crippen molar-refractivity contribution in [2.75, 3.05) is 20.1 Å². The second kappa shape index (κ2) is 13.2. The van der Waals surface area contributed by atoms with Crippen molar-refractivity contribution in [2.45, 2.75) is 53.2 Å². The molecule has 2 aromatic heterocycles. The van der Waals surface area contributed by atoms with E-state index < -0.39 is 0 Å². The lowest BCUT2D eigenvalue weighted by molar-refractivity contribution is 0.0935. The van der Waals surface area contributed by atoms with E-state index in [-0.39, 0.29) is 22.7 Å². The van der Waals surface area contributed by atoms with Crippen molar-refractivity contribution in [2.24, 2.45) is 0 Å². The molecule has 1 aromatic carbocycles. The number of nitrogens with one attached hydrogen (secondary N) is 2. The van der Waals surface area contributed by atoms with E-state index in [2.05, 4.69) is 25.4 Å². The largest absolute Gasteiger partial charge is 0.488 e. The first-order chi connectivity index (χ1) is 16.0. The molecule has 0 spiro atoms. The Kier molecular flexibility index (Phi) is 10.7. The normalized spacial score (nSPS) is 17.4. The van der Waals surface area contributed by atoms with E-state index in [1.54, 1.807) is 35.6 Å². The van der Waals surface area contributed by atoms with Gasteiger partial charge in [0, 0.05) is 30.8 Å². The second-order valence-electron chi connectivity index (χ2n) is 7.02. The van der Waals surface area contributed by atoms with Crippen LogP contribution in [0.1, 0.15) is 58.9 Å². The summed E-state index contributed by atoms with van der Waals surface area (Å²) in [6.07, 6.45) is 1.81. The molecule has 0 bridgehead atoms. The second-order valence-corrected chi connectivity index (χ2v) is 9.33. The number of ether oxygens (including phenoxy) is 1. The Hall–Kier alpha value is -2.56. The summed E-state index contributed by atoms with van der Waals surface area (Å²) < 4.78 is 5.76. The number of thiazole rings is 1. The molecule has 1 unspecified atom stereocenters. The fourth-order valence-corrected chi connectivity index (χ4v) is 4.85. The Balaban J connectivity index is 0.000000914. The molecule has 2 N–H and O–H groups in total. The molecule has 4 rings (SSSR count). The lowest BCUT2D eigenvalue weighted by Gasteiger charge is -2.18. The van der Waals surface area contributed by atoms with Crippen LogP contribution < -0.4 is 14.9 Å². The van der Waals surface area contributed by atoms with Crippen LogP contribution in [0.3, 0.4) is 0 Å². The minimum Gasteiger partial charge on any atom is -0.488 e. The lowest BCUT2D eigenvalue weighted by Crippen LogP contribution is -2.39. The third kappa shape index (κ3) is 7.48. The van der Waals surface area contributed by atoms with Crippen LogP contribution in [0.15, 0.2) is 35.3 Å². The van der Waals surface area contributed by atoms with Gasteiger partial charge < -0.3 is 15.0 Å². The minimum absolute atomic E-state index is 0.00151. The average Bonchev–Trinajstić information content (AvgIpc) is 3.55. The first-order valence-electron chi connectivity index (χ1n) is 11.2. The maximum Gasteiger partial charge on any atom is 0.322 e. The molecule has 0 saturated carbocycles. The van der Waals surface area contributed by atoms with Crippen LogP contribution in [-0.4, -0.2) is 52.2 Å². The Morgan fingerprint density at radius 3 is 2.45 bits per heavy atom. The molecule has 180 valence electrons. The lowest BCUT2D eigenvalue weighted by atomic mass is 10.0. The predicted molar refractivity (Wildman–Crippen MR) is 135 cm³/mol. The average molecular weight is 492 g/mol. The van der Waals surface area contributed by atoms with Gasteiger partial charge in [-0.2, -0.15) is 5.10 Å². The number of amides is 1. The monoisotopic (exact) mass is 491 g/mol. The fourth-order valence-electron chi connectivity index (χ4n) is 3.38. The number of benzene rings is 1. The number of nitrogens with zero attached hydrogens (tertiary/aromatic N) is 3. The molecule has 1 fully saturated rings. The molecule has 0 aliphatic carbocycles. The number of hydrogen-bond donors (Lipinski definition) is 2. The Labute approximate surface area is 203 Å². The van der Waals surface area contributed by atoms with Crippen LogP contribution in [0.2, 0.25) is 0 Å². The number of likely N-dealkylation sites (tertiary alicyclic amines) is 1. The molecule has 1 amide bonds. The molecular weight excluding hydrogens is 458 g/mol. The van der Waals surface area contributed by atoms with Crippen molar-refractivity contribution in [3.63, 3.8) is 0 Å². The summed E-state index contributed by atoms with van der Waals surface area (Å²) in [6.45, 7) is 11.9. The van der Waals surface area contributed by atoms with E-state index in [4.69, 9.17) is 4.74 Å². The maximum atomic E-state index is 12.7. The zero-order chi connectivity index (χ0) is 24.4. The zero-order valence-corrected chi connectivity index (χ0v) is 21.7. The van der Waals surface area contributed by atoms with Gasteiger partial charge in [-0.15, -0.1) is 11.3 Å². The van der Waals surface area contributed by atoms with Crippen molar-refractivity contribution < 1.29 is 9.53 Å². The van der Waals surface area contributed by atoms with E-state index in [1.807, 2.05) is 47.9 Å². The molecule has 33 heavy (non-hydrogen) atoms. The number of aryl methyl sites for hydroxylation is 1. The van der Waals surface area contributed by atoms with E-state index in [0.29, 0.717) is 24.5 Å². The standard InChI is InChI=1S/C19H21N5O3S2.2C2H6/c1-11-20-7-14(28-11)10-27-13-5-3-12(4-6-13)17(25)21-16-9-24(2)8-15(16)18-22-23-19(26)29-18;2*1-2/h3-7,15-16H,8-10H2,1-2H3,(H,21,25)(H,23,26);2*1-2H3/t15?,16-;;/m1../s1. The van der Waals surface area contributed by atoms with Crippen molar-refractivity contribution >= 4 is 28.6 Å². The van der Waals surface area contributed by atoms with Gasteiger partial charge in [0.05, 0.1) is 15.9 Å². The van der Waals surface area contributed by atoms with Crippen LogP contribution in [0, 0.1) is 6.92 Å². The summed E-state index contributed by atoms with van der Waals surface area (Å²) in [6, 6.07) is 6.99. The fraction of sp³-hybridized carbons (Fsp3) is 0.478. The molecule has 0 radical (unpaired) electrons. The van der Waals surface area contributed by atoms with E-state index in [0.717, 1.165) is 32.8 Å². The van der Waals surface area contributed by atoms with Crippen molar-refractivity contribution in [3.8, 4) is 5.75 Å². The molecule has 1 saturated heterocycles. The summed E-state index contributed by atoms with van der Waals surface area (Å²) in [5.74, 6) is 0.550. The molecule has 3 heterocycles. The van der Waals surface area contributed by atoms with Crippen LogP contribution in [0.25, 0.3) is 0 Å². The summed E-state index contributed by atoms with van der Waals surface area (Å²) in [5.41, 5.74) is 0.564. The van der Waals surface area contributed by atoms with Crippen molar-refractivity contribution in [1.29, 1.82) is 0 Å². The molecule has 3 aromatic rings. The van der Waals surface area contributed by atoms with Gasteiger partial charge >= 0.3 is 4.87 Å². The highest BCUT2D eigenvalue weighted by Gasteiger charge is 2.35. The highest BCUT2D eigenvalue weighted by Crippen LogP contribution is 2.27. The number of likely N-dealkylation sites (N-methyl/N-ethyl adjacent to an activating group) is 1. The third-order valence-corrected chi connectivity index (χ3v) is 6.52. The van der Waals surface area contributed by atoms with E-state index >= 15 is 0 Å². The number of aromatic nitrogens is 3. The quantitative estimate of drug-likeness (QED) is 0.539. The summed E-state index contributed by atoms with van der Waals surface area (Å²) in [7, 11) is 1.99. The number of H-pyrrole nitrogens is 1. The van der Waals surface area contributed by atoms with Gasteiger partial charge in [-0.1, -0.05) is 39.0 Å². The maximum absolute atomic E-state index is 12.7. The number of carbonyl (C=O) groups excluding carboxylic acids is 1. The summed E-state index contributed by atoms with van der Waals surface area (Å²) >= 11 is 2.70. The van der Waals surface area contributed by atoms with Crippen LogP contribution in [-0.2, 0) is 6.61 Å². The predicted octanol–water partition coefficient (Wildman–Crippen LogP) is 4.06. The van der Waals surface area contributed by atoms with Gasteiger partial charge in [-0.25, -0.2) is 10.1 Å². The van der Waals surface area contributed by atoms with E-state index in [1.165, 1.54) is 0 Å². The SMILES string of the molecule is CC.CC.Cc1ncc(COc2ccc(C(=O)N[C@@H]3CN(C)CC3c3n[nH]c(=O)s3)cc2)s1. The van der Waals surface area contributed by atoms with Crippen LogP contribution >= 0.6 is 22.7 Å². The molecular formula is C23H33N5O3S2. The van der Waals surface area contributed by atoms with Crippen LogP contribution in [0.4, 0.5) is 0 Å². The number of aromatic amines is 1. The third-order valence-electron chi connectivity index (χ3n) is 4.76. The van der Waals surface area contributed by atoms with Gasteiger partial charge in [0.2, 0.25) is 0 Å². The van der Waals surface area contributed by atoms with Crippen LogP contribution in [0.5, 0.6) is 5.75 Å². The molecule has 1 aliphatic rings. The Morgan fingerprint density at radius 2 is 1.88 bits per heavy atom. The van der Waals surface area contributed by atoms with Gasteiger partial charge in [0.25, 0.3) is 5.91 Å². The molecule has 1 aliphatic heterocycles. The first kappa shape index (κ1) is 26.7. The summed E-state index contributed by atoms with van der Waals surface area (Å²) in [4.78, 5) is 31.4. The van der Waals surface area contributed by atoms with Gasteiger partial charge in [-0.05, 0) is 38.2 Å². The molecule has 8 nitrogen and oxygen atoms in total. The number of hydrogen-bond acceptors (Lipinski definition) is 8. The van der Waals surface area contributed by atoms with Gasteiger partial charge in [0.15, 0.2) is 0 Å². The zero-order valence-electron chi connectivity index (χ0n) is 20.0. The van der Waals surface area contributed by atoms with Crippen molar-refractivity contribution in [1.82, 2.24) is 25.4 Å². The number of carbonyl (C=O) groups is 1. The Morgan fingerprint density at radius 1 is 1.18 bits per heavy atom.